The number of fused-ring (bicyclic) bond motifs is 1. The summed E-state index contributed by atoms with van der Waals surface area (Å²) in [5, 5.41) is 11.2. The normalized spacial score (nSPS) is 16.5. The fraction of sp³-hybridized carbons (Fsp3) is 0.316. The van der Waals surface area contributed by atoms with Crippen LogP contribution in [0.4, 0.5) is 10.1 Å². The van der Waals surface area contributed by atoms with Gasteiger partial charge in [-0.05, 0) is 43.2 Å². The Morgan fingerprint density at radius 1 is 1.29 bits per heavy atom. The molecule has 0 radical (unpaired) electrons. The lowest BCUT2D eigenvalue weighted by Crippen LogP contribution is -2.48. The largest absolute Gasteiger partial charge is 0.488 e. The Morgan fingerprint density at radius 2 is 2.04 bits per heavy atom. The summed E-state index contributed by atoms with van der Waals surface area (Å²) >= 11 is 5.81. The van der Waals surface area contributed by atoms with Gasteiger partial charge in [0.2, 0.25) is 0 Å². The van der Waals surface area contributed by atoms with E-state index < -0.39 is 11.3 Å². The number of aromatic amines is 1. The van der Waals surface area contributed by atoms with Crippen LogP contribution in [0.2, 0.25) is 5.02 Å². The van der Waals surface area contributed by atoms with Crippen LogP contribution in [0.15, 0.2) is 41.2 Å². The molecule has 0 bridgehead atoms. The standard InChI is InChI=1S/C19H20ClFN4O3/c20-12-4-5-14(13(21)10-12)24-8-6-19(27,7-9-24)11-28-16-3-1-2-15-17(16)23-18(26)25(15)22/h1-5,10,27H,6-9,11,22H2,(H,23,26). The summed E-state index contributed by atoms with van der Waals surface area (Å²) in [5.74, 6) is 5.75. The lowest BCUT2D eigenvalue weighted by molar-refractivity contribution is -0.0238. The molecular formula is C19H20ClFN4O3. The van der Waals surface area contributed by atoms with E-state index in [1.807, 2.05) is 4.90 Å². The summed E-state index contributed by atoms with van der Waals surface area (Å²) < 4.78 is 20.9. The molecule has 1 saturated heterocycles. The third-order valence-electron chi connectivity index (χ3n) is 5.16. The van der Waals surface area contributed by atoms with Crippen molar-refractivity contribution in [3.05, 3.63) is 57.7 Å². The molecule has 0 spiro atoms. The molecule has 2 aromatic carbocycles. The predicted molar refractivity (Wildman–Crippen MR) is 106 cm³/mol. The number of nitrogen functional groups attached to an aromatic ring is 1. The van der Waals surface area contributed by atoms with Crippen molar-refractivity contribution < 1.29 is 14.2 Å². The van der Waals surface area contributed by atoms with Gasteiger partial charge in [-0.25, -0.2) is 13.9 Å². The molecule has 0 aliphatic carbocycles. The van der Waals surface area contributed by atoms with E-state index in [0.717, 1.165) is 4.68 Å². The second kappa shape index (κ2) is 7.03. The Labute approximate surface area is 165 Å². The van der Waals surface area contributed by atoms with Crippen molar-refractivity contribution in [2.45, 2.75) is 18.4 Å². The number of nitrogens with one attached hydrogen (secondary N) is 1. The van der Waals surface area contributed by atoms with E-state index in [2.05, 4.69) is 4.98 Å². The van der Waals surface area contributed by atoms with Crippen molar-refractivity contribution in [3.63, 3.8) is 0 Å². The van der Waals surface area contributed by atoms with Gasteiger partial charge in [-0.15, -0.1) is 0 Å². The highest BCUT2D eigenvalue weighted by Gasteiger charge is 2.34. The molecule has 0 unspecified atom stereocenters. The Morgan fingerprint density at radius 3 is 2.75 bits per heavy atom. The molecule has 0 atom stereocenters. The fourth-order valence-corrected chi connectivity index (χ4v) is 3.66. The molecule has 2 heterocycles. The van der Waals surface area contributed by atoms with Gasteiger partial charge in [-0.2, -0.15) is 0 Å². The van der Waals surface area contributed by atoms with Crippen LogP contribution in [0.5, 0.6) is 5.75 Å². The number of rotatable bonds is 4. The Balaban J connectivity index is 1.44. The number of para-hydroxylation sites is 1. The number of hydrogen-bond acceptors (Lipinski definition) is 5. The molecule has 0 saturated carbocycles. The number of nitrogens with zero attached hydrogens (tertiary/aromatic N) is 2. The molecule has 9 heteroatoms. The predicted octanol–water partition coefficient (Wildman–Crippen LogP) is 2.25. The van der Waals surface area contributed by atoms with Gasteiger partial charge in [0.05, 0.1) is 11.2 Å². The molecule has 4 rings (SSSR count). The number of halogens is 2. The third kappa shape index (κ3) is 3.41. The highest BCUT2D eigenvalue weighted by molar-refractivity contribution is 6.30. The summed E-state index contributed by atoms with van der Waals surface area (Å²) in [4.78, 5) is 16.2. The highest BCUT2D eigenvalue weighted by Crippen LogP contribution is 2.31. The average Bonchev–Trinajstić information content (AvgIpc) is 2.96. The maximum Gasteiger partial charge on any atom is 0.345 e. The van der Waals surface area contributed by atoms with Gasteiger partial charge >= 0.3 is 5.69 Å². The molecule has 7 nitrogen and oxygen atoms in total. The topological polar surface area (TPSA) is 96.5 Å². The number of piperidine rings is 1. The van der Waals surface area contributed by atoms with Crippen LogP contribution in [-0.2, 0) is 0 Å². The van der Waals surface area contributed by atoms with Crippen LogP contribution in [0.1, 0.15) is 12.8 Å². The summed E-state index contributed by atoms with van der Waals surface area (Å²) in [5.41, 5.74) is -0.0171. The number of nitrogens with two attached hydrogens (primary N) is 1. The van der Waals surface area contributed by atoms with E-state index in [4.69, 9.17) is 22.2 Å². The van der Waals surface area contributed by atoms with Crippen LogP contribution < -0.4 is 21.2 Å². The lowest BCUT2D eigenvalue weighted by Gasteiger charge is -2.39. The first-order valence-corrected chi connectivity index (χ1v) is 9.28. The molecule has 0 amide bonds. The molecule has 1 aliphatic rings. The van der Waals surface area contributed by atoms with Crippen molar-refractivity contribution in [2.75, 3.05) is 30.4 Å². The third-order valence-corrected chi connectivity index (χ3v) is 5.39. The van der Waals surface area contributed by atoms with Crippen LogP contribution in [0.3, 0.4) is 0 Å². The SMILES string of the molecule is Nn1c(=O)[nH]c2c(OCC3(O)CCN(c4ccc(Cl)cc4F)CC3)cccc21. The Kier molecular flexibility index (Phi) is 4.68. The van der Waals surface area contributed by atoms with Gasteiger partial charge < -0.3 is 25.6 Å². The number of aliphatic hydroxyl groups is 1. The second-order valence-corrected chi connectivity index (χ2v) is 7.48. The van der Waals surface area contributed by atoms with Crippen LogP contribution >= 0.6 is 11.6 Å². The fourth-order valence-electron chi connectivity index (χ4n) is 3.50. The zero-order valence-electron chi connectivity index (χ0n) is 15.0. The van der Waals surface area contributed by atoms with E-state index in [1.54, 1.807) is 30.3 Å². The van der Waals surface area contributed by atoms with Gasteiger partial charge in [0.1, 0.15) is 29.3 Å². The van der Waals surface area contributed by atoms with E-state index in [0.29, 0.717) is 53.4 Å². The Hall–Kier alpha value is -2.71. The summed E-state index contributed by atoms with van der Waals surface area (Å²) in [7, 11) is 0. The van der Waals surface area contributed by atoms with Crippen molar-refractivity contribution in [1.82, 2.24) is 9.66 Å². The second-order valence-electron chi connectivity index (χ2n) is 7.05. The molecular weight excluding hydrogens is 387 g/mol. The minimum atomic E-state index is -1.05. The number of anilines is 1. The van der Waals surface area contributed by atoms with Crippen LogP contribution in [0.25, 0.3) is 11.0 Å². The monoisotopic (exact) mass is 406 g/mol. The summed E-state index contributed by atoms with van der Waals surface area (Å²) in [6.45, 7) is 1.03. The lowest BCUT2D eigenvalue weighted by atomic mass is 9.92. The van der Waals surface area contributed by atoms with Crippen molar-refractivity contribution >= 4 is 28.3 Å². The average molecular weight is 407 g/mol. The maximum atomic E-state index is 14.1. The molecule has 148 valence electrons. The number of H-pyrrole nitrogens is 1. The first kappa shape index (κ1) is 18.6. The molecule has 1 aromatic heterocycles. The zero-order chi connectivity index (χ0) is 19.9. The van der Waals surface area contributed by atoms with Crippen molar-refractivity contribution in [3.8, 4) is 5.75 Å². The maximum absolute atomic E-state index is 14.1. The van der Waals surface area contributed by atoms with E-state index in [1.165, 1.54) is 6.07 Å². The van der Waals surface area contributed by atoms with Crippen LogP contribution in [0, 0.1) is 5.82 Å². The number of hydrogen-bond donors (Lipinski definition) is 3. The quantitative estimate of drug-likeness (QED) is 0.577. The first-order valence-electron chi connectivity index (χ1n) is 8.90. The number of imidazole rings is 1. The Bertz CT molecular complexity index is 1070. The van der Waals surface area contributed by atoms with Gasteiger partial charge in [-0.1, -0.05) is 17.7 Å². The first-order chi connectivity index (χ1) is 13.4. The van der Waals surface area contributed by atoms with Gasteiger partial charge in [0, 0.05) is 18.1 Å². The molecule has 4 N–H and O–H groups in total. The van der Waals surface area contributed by atoms with Gasteiger partial charge in [-0.3, -0.25) is 0 Å². The number of benzene rings is 2. The minimum absolute atomic E-state index is 0.0564. The summed E-state index contributed by atoms with van der Waals surface area (Å²) in [6, 6.07) is 9.71. The molecule has 1 aliphatic heterocycles. The van der Waals surface area contributed by atoms with Gasteiger partial charge in [0.25, 0.3) is 0 Å². The molecule has 28 heavy (non-hydrogen) atoms. The summed E-state index contributed by atoms with van der Waals surface area (Å²) in [6.07, 6.45) is 0.832. The molecule has 3 aromatic rings. The van der Waals surface area contributed by atoms with E-state index in [-0.39, 0.29) is 12.4 Å². The van der Waals surface area contributed by atoms with Gasteiger partial charge in [0.15, 0.2) is 0 Å². The van der Waals surface area contributed by atoms with E-state index in [9.17, 15) is 14.3 Å². The minimum Gasteiger partial charge on any atom is -0.488 e. The zero-order valence-corrected chi connectivity index (χ0v) is 15.7. The van der Waals surface area contributed by atoms with E-state index >= 15 is 0 Å². The number of aromatic nitrogens is 2. The number of ether oxygens (including phenoxy) is 1. The van der Waals surface area contributed by atoms with Crippen molar-refractivity contribution in [1.29, 1.82) is 0 Å². The molecule has 1 fully saturated rings. The highest BCUT2D eigenvalue weighted by atomic mass is 35.5. The van der Waals surface area contributed by atoms with Crippen LogP contribution in [-0.4, -0.2) is 40.1 Å². The van der Waals surface area contributed by atoms with Crippen molar-refractivity contribution in [2.24, 2.45) is 0 Å². The smallest absolute Gasteiger partial charge is 0.345 e.